The first-order valence-electron chi connectivity index (χ1n) is 7.49. The van der Waals surface area contributed by atoms with Gasteiger partial charge in [-0.15, -0.1) is 0 Å². The highest BCUT2D eigenvalue weighted by Gasteiger charge is 2.54. The molecule has 0 saturated carbocycles. The summed E-state index contributed by atoms with van der Waals surface area (Å²) in [5.74, 6) is -2.51. The van der Waals surface area contributed by atoms with E-state index in [1.54, 1.807) is 24.3 Å². The molecule has 25 heavy (non-hydrogen) atoms. The number of hydrogen-bond donors (Lipinski definition) is 0. The average Bonchev–Trinajstić information content (AvgIpc) is 2.65. The zero-order valence-corrected chi connectivity index (χ0v) is 14.8. The van der Waals surface area contributed by atoms with Crippen molar-refractivity contribution in [3.8, 4) is 5.75 Å². The van der Waals surface area contributed by atoms with Crippen LogP contribution in [0.1, 0.15) is 11.5 Å². The van der Waals surface area contributed by atoms with Gasteiger partial charge in [0.25, 0.3) is 0 Å². The number of esters is 2. The average molecular weight is 364 g/mol. The molecule has 0 fully saturated rings. The third kappa shape index (κ3) is 2.74. The van der Waals surface area contributed by atoms with E-state index >= 15 is 0 Å². The van der Waals surface area contributed by atoms with Crippen molar-refractivity contribution in [3.05, 3.63) is 42.0 Å². The maximum atomic E-state index is 12.9. The predicted molar refractivity (Wildman–Crippen MR) is 89.8 cm³/mol. The van der Waals surface area contributed by atoms with E-state index in [1.165, 1.54) is 7.11 Å². The normalized spacial score (nSPS) is 20.0. The van der Waals surface area contributed by atoms with Crippen LogP contribution in [-0.2, 0) is 27.9 Å². The molecular formula is C17H17O7P. The molecular weight excluding hydrogens is 347 g/mol. The summed E-state index contributed by atoms with van der Waals surface area (Å²) in [7, 11) is -0.427. The summed E-state index contributed by atoms with van der Waals surface area (Å²) in [6, 6.07) is 10.7. The Morgan fingerprint density at radius 3 is 2.40 bits per heavy atom. The third-order valence-corrected chi connectivity index (χ3v) is 6.52. The van der Waals surface area contributed by atoms with Crippen molar-refractivity contribution < 1.29 is 32.7 Å². The molecule has 8 heteroatoms. The smallest absolute Gasteiger partial charge is 0.345 e. The van der Waals surface area contributed by atoms with E-state index in [2.05, 4.69) is 0 Å². The third-order valence-electron chi connectivity index (χ3n) is 4.31. The standard InChI is InChI=1S/C17H17O7P/c1-21-16(18)14-13-11-7-5-4-6-10(11)8-9-12(13)24-17(19)15(14)25(20,22-2)23-3/h4-9,14-15H,1-3H3/t14-,15-/m0/s1. The van der Waals surface area contributed by atoms with Crippen LogP contribution in [0.15, 0.2) is 36.4 Å². The Bertz CT molecular complexity index is 884. The van der Waals surface area contributed by atoms with Crippen LogP contribution in [0.4, 0.5) is 0 Å². The molecule has 1 aliphatic rings. The zero-order valence-electron chi connectivity index (χ0n) is 13.9. The molecule has 0 saturated heterocycles. The summed E-state index contributed by atoms with van der Waals surface area (Å²) in [6.07, 6.45) is 0. The summed E-state index contributed by atoms with van der Waals surface area (Å²) >= 11 is 0. The van der Waals surface area contributed by atoms with E-state index in [0.717, 1.165) is 19.6 Å². The van der Waals surface area contributed by atoms with Crippen LogP contribution in [0, 0.1) is 0 Å². The lowest BCUT2D eigenvalue weighted by molar-refractivity contribution is -0.148. The van der Waals surface area contributed by atoms with Crippen LogP contribution in [-0.4, -0.2) is 38.9 Å². The van der Waals surface area contributed by atoms with E-state index in [4.69, 9.17) is 18.5 Å². The molecule has 1 aliphatic heterocycles. The molecule has 2 aromatic carbocycles. The van der Waals surface area contributed by atoms with Crippen molar-refractivity contribution in [2.75, 3.05) is 21.3 Å². The van der Waals surface area contributed by atoms with Crippen molar-refractivity contribution in [3.63, 3.8) is 0 Å². The zero-order chi connectivity index (χ0) is 18.2. The summed E-state index contributed by atoms with van der Waals surface area (Å²) in [6.45, 7) is 0. The molecule has 0 bridgehead atoms. The van der Waals surface area contributed by atoms with Crippen LogP contribution in [0.25, 0.3) is 10.8 Å². The Hall–Kier alpha value is -2.21. The molecule has 0 radical (unpaired) electrons. The largest absolute Gasteiger partial charge is 0.469 e. The predicted octanol–water partition coefficient (Wildman–Crippen LogP) is 2.87. The van der Waals surface area contributed by atoms with E-state index in [-0.39, 0.29) is 5.75 Å². The topological polar surface area (TPSA) is 88.1 Å². The molecule has 0 N–H and O–H groups in total. The molecule has 0 unspecified atom stereocenters. The second kappa shape index (κ2) is 6.59. The molecule has 2 atom stereocenters. The van der Waals surface area contributed by atoms with Gasteiger partial charge in [-0.2, -0.15) is 0 Å². The van der Waals surface area contributed by atoms with Crippen LogP contribution < -0.4 is 4.74 Å². The van der Waals surface area contributed by atoms with E-state index in [1.807, 2.05) is 12.1 Å². The Labute approximate surface area is 144 Å². The summed E-state index contributed by atoms with van der Waals surface area (Å²) in [5, 5.41) is 1.54. The van der Waals surface area contributed by atoms with Crippen LogP contribution in [0.5, 0.6) is 5.75 Å². The van der Waals surface area contributed by atoms with Gasteiger partial charge in [-0.05, 0) is 16.8 Å². The molecule has 3 rings (SSSR count). The van der Waals surface area contributed by atoms with Gasteiger partial charge < -0.3 is 18.5 Å². The minimum Gasteiger partial charge on any atom is -0.469 e. The molecule has 2 aromatic rings. The lowest BCUT2D eigenvalue weighted by Crippen LogP contribution is -2.41. The lowest BCUT2D eigenvalue weighted by Gasteiger charge is -2.33. The minimum atomic E-state index is -3.94. The fraction of sp³-hybridized carbons (Fsp3) is 0.294. The Balaban J connectivity index is 2.32. The van der Waals surface area contributed by atoms with Crippen molar-refractivity contribution in [2.24, 2.45) is 0 Å². The van der Waals surface area contributed by atoms with Gasteiger partial charge in [0.2, 0.25) is 0 Å². The van der Waals surface area contributed by atoms with Crippen molar-refractivity contribution in [2.45, 2.75) is 11.6 Å². The lowest BCUT2D eigenvalue weighted by atomic mass is 9.88. The van der Waals surface area contributed by atoms with Crippen molar-refractivity contribution in [1.29, 1.82) is 0 Å². The molecule has 0 amide bonds. The molecule has 7 nitrogen and oxygen atoms in total. The van der Waals surface area contributed by atoms with Crippen LogP contribution >= 0.6 is 7.60 Å². The fourth-order valence-corrected chi connectivity index (χ4v) is 4.69. The minimum absolute atomic E-state index is 0.231. The number of methoxy groups -OCH3 is 1. The van der Waals surface area contributed by atoms with Crippen molar-refractivity contribution >= 4 is 30.3 Å². The second-order valence-corrected chi connectivity index (χ2v) is 7.84. The number of rotatable bonds is 4. The number of carbonyl (C=O) groups excluding carboxylic acids is 2. The first kappa shape index (κ1) is 17.6. The second-order valence-electron chi connectivity index (χ2n) is 5.47. The summed E-state index contributed by atoms with van der Waals surface area (Å²) in [5.41, 5.74) is -1.02. The van der Waals surface area contributed by atoms with Crippen LogP contribution in [0.2, 0.25) is 0 Å². The molecule has 1 heterocycles. The molecule has 132 valence electrons. The van der Waals surface area contributed by atoms with E-state index in [9.17, 15) is 14.2 Å². The quantitative estimate of drug-likeness (QED) is 0.468. The number of ether oxygens (including phenoxy) is 2. The number of hydrogen-bond acceptors (Lipinski definition) is 7. The Morgan fingerprint density at radius 1 is 1.08 bits per heavy atom. The van der Waals surface area contributed by atoms with Gasteiger partial charge >= 0.3 is 19.5 Å². The first-order chi connectivity index (χ1) is 12.0. The fourth-order valence-electron chi connectivity index (χ4n) is 3.14. The monoisotopic (exact) mass is 364 g/mol. The van der Waals surface area contributed by atoms with E-state index < -0.39 is 31.1 Å². The highest BCUT2D eigenvalue weighted by atomic mass is 31.2. The van der Waals surface area contributed by atoms with Gasteiger partial charge in [0.05, 0.1) is 7.11 Å². The van der Waals surface area contributed by atoms with Gasteiger partial charge in [0, 0.05) is 19.8 Å². The highest BCUT2D eigenvalue weighted by Crippen LogP contribution is 2.59. The maximum absolute atomic E-state index is 12.9. The molecule has 0 aromatic heterocycles. The molecule has 0 spiro atoms. The summed E-state index contributed by atoms with van der Waals surface area (Å²) in [4.78, 5) is 25.1. The highest BCUT2D eigenvalue weighted by molar-refractivity contribution is 7.55. The SMILES string of the molecule is COC(=O)[C@H]1c2c(ccc3ccccc23)OC(=O)[C@H]1P(=O)(OC)OC. The molecule has 0 aliphatic carbocycles. The Morgan fingerprint density at radius 2 is 1.76 bits per heavy atom. The van der Waals surface area contributed by atoms with Gasteiger partial charge in [-0.25, -0.2) is 0 Å². The number of carbonyl (C=O) groups is 2. The van der Waals surface area contributed by atoms with Gasteiger partial charge in [-0.1, -0.05) is 30.3 Å². The van der Waals surface area contributed by atoms with Gasteiger partial charge in [-0.3, -0.25) is 14.2 Å². The maximum Gasteiger partial charge on any atom is 0.345 e. The first-order valence-corrected chi connectivity index (χ1v) is 9.10. The summed E-state index contributed by atoms with van der Waals surface area (Å²) < 4.78 is 33.1. The van der Waals surface area contributed by atoms with E-state index in [0.29, 0.717) is 10.9 Å². The van der Waals surface area contributed by atoms with Gasteiger partial charge in [0.1, 0.15) is 11.7 Å². The number of fused-ring (bicyclic) bond motifs is 3. The van der Waals surface area contributed by atoms with Crippen LogP contribution in [0.3, 0.4) is 0 Å². The number of benzene rings is 2. The Kier molecular flexibility index (Phi) is 4.64. The van der Waals surface area contributed by atoms with Gasteiger partial charge in [0.15, 0.2) is 5.66 Å². The van der Waals surface area contributed by atoms with Crippen molar-refractivity contribution in [1.82, 2.24) is 0 Å².